The van der Waals surface area contributed by atoms with Crippen LogP contribution in [0.5, 0.6) is 0 Å². The summed E-state index contributed by atoms with van der Waals surface area (Å²) in [5, 5.41) is 0.405. The number of ether oxygens (including phenoxy) is 1. The van der Waals surface area contributed by atoms with Crippen molar-refractivity contribution in [2.45, 2.75) is 11.7 Å². The van der Waals surface area contributed by atoms with Crippen LogP contribution in [-0.4, -0.2) is 29.0 Å². The molecular formula is C26H14ClF2NO5. The Hall–Kier alpha value is -3.75. The Labute approximate surface area is 202 Å². The number of benzene rings is 3. The molecule has 35 heavy (non-hydrogen) atoms. The minimum Gasteiger partial charge on any atom is -0.349 e. The first-order valence-corrected chi connectivity index (χ1v) is 11.1. The number of amides is 2. The number of imide groups is 1. The van der Waals surface area contributed by atoms with Gasteiger partial charge in [0.25, 0.3) is 0 Å². The Balaban J connectivity index is 1.55. The summed E-state index contributed by atoms with van der Waals surface area (Å²) >= 11 is 5.99. The van der Waals surface area contributed by atoms with Gasteiger partial charge in [-0.1, -0.05) is 48.0 Å². The van der Waals surface area contributed by atoms with Gasteiger partial charge in [0.1, 0.15) is 11.6 Å². The second-order valence-corrected chi connectivity index (χ2v) is 9.08. The standard InChI is InChI=1S/C26H14ClF2NO5/c27-13-7-5-12(6-8-13)21-19-20(25(34)30(24(19)33)18-10-9-14(28)11-17(18)29)26(35-21)22(31)15-3-1-2-4-16(15)23(26)32/h1-11,19-21H/t19-,20+,21+/m1/s1. The highest BCUT2D eigenvalue weighted by Gasteiger charge is 2.74. The molecule has 0 N–H and O–H groups in total. The van der Waals surface area contributed by atoms with E-state index in [9.17, 15) is 28.0 Å². The maximum atomic E-state index is 14.7. The smallest absolute Gasteiger partial charge is 0.241 e. The lowest BCUT2D eigenvalue weighted by Crippen LogP contribution is -2.51. The third-order valence-corrected chi connectivity index (χ3v) is 7.12. The highest BCUT2D eigenvalue weighted by atomic mass is 35.5. The molecular weight excluding hydrogens is 480 g/mol. The molecule has 174 valence electrons. The fourth-order valence-electron chi connectivity index (χ4n) is 5.37. The van der Waals surface area contributed by atoms with Crippen LogP contribution in [0.15, 0.2) is 66.7 Å². The number of carbonyl (C=O) groups is 4. The molecule has 3 aromatic rings. The van der Waals surface area contributed by atoms with Crippen molar-refractivity contribution >= 4 is 40.7 Å². The monoisotopic (exact) mass is 493 g/mol. The molecule has 9 heteroatoms. The zero-order valence-electron chi connectivity index (χ0n) is 17.7. The van der Waals surface area contributed by atoms with Crippen LogP contribution in [0.1, 0.15) is 32.4 Å². The topological polar surface area (TPSA) is 80.8 Å². The van der Waals surface area contributed by atoms with Gasteiger partial charge < -0.3 is 4.74 Å². The molecule has 1 aliphatic carbocycles. The largest absolute Gasteiger partial charge is 0.349 e. The summed E-state index contributed by atoms with van der Waals surface area (Å²) in [7, 11) is 0. The van der Waals surface area contributed by atoms with Gasteiger partial charge in [0.05, 0.1) is 23.6 Å². The van der Waals surface area contributed by atoms with Crippen molar-refractivity contribution in [3.8, 4) is 0 Å². The lowest BCUT2D eigenvalue weighted by atomic mass is 9.77. The van der Waals surface area contributed by atoms with Crippen LogP contribution in [-0.2, 0) is 14.3 Å². The maximum absolute atomic E-state index is 14.7. The van der Waals surface area contributed by atoms with Crippen molar-refractivity contribution in [2.24, 2.45) is 11.8 Å². The predicted molar refractivity (Wildman–Crippen MR) is 119 cm³/mol. The summed E-state index contributed by atoms with van der Waals surface area (Å²) < 4.78 is 34.3. The van der Waals surface area contributed by atoms with Gasteiger partial charge in [0.15, 0.2) is 0 Å². The van der Waals surface area contributed by atoms with E-state index in [0.29, 0.717) is 21.6 Å². The van der Waals surface area contributed by atoms with Crippen molar-refractivity contribution in [1.29, 1.82) is 0 Å². The first-order valence-electron chi connectivity index (χ1n) is 10.7. The van der Waals surface area contributed by atoms with E-state index in [2.05, 4.69) is 0 Å². The molecule has 0 aromatic heterocycles. The van der Waals surface area contributed by atoms with E-state index in [1.807, 2.05) is 0 Å². The number of carbonyl (C=O) groups excluding carboxylic acids is 4. The number of halogens is 3. The highest BCUT2D eigenvalue weighted by Crippen LogP contribution is 2.57. The molecule has 0 bridgehead atoms. The lowest BCUT2D eigenvalue weighted by molar-refractivity contribution is -0.127. The molecule has 2 aliphatic heterocycles. The molecule has 2 saturated heterocycles. The molecule has 2 heterocycles. The van der Waals surface area contributed by atoms with Crippen LogP contribution in [0.3, 0.4) is 0 Å². The first kappa shape index (κ1) is 21.8. The molecule has 2 amide bonds. The van der Waals surface area contributed by atoms with E-state index < -0.39 is 64.2 Å². The maximum Gasteiger partial charge on any atom is 0.241 e. The fraction of sp³-hybridized carbons (Fsp3) is 0.154. The summed E-state index contributed by atoms with van der Waals surface area (Å²) in [6.45, 7) is 0. The normalized spacial score (nSPS) is 24.4. The fourth-order valence-corrected chi connectivity index (χ4v) is 5.50. The molecule has 2 fully saturated rings. The molecule has 0 saturated carbocycles. The molecule has 3 atom stereocenters. The zero-order valence-corrected chi connectivity index (χ0v) is 18.5. The minimum atomic E-state index is -2.28. The average Bonchev–Trinajstić information content (AvgIpc) is 3.40. The van der Waals surface area contributed by atoms with Crippen molar-refractivity contribution < 1.29 is 32.7 Å². The number of hydrogen-bond acceptors (Lipinski definition) is 5. The van der Waals surface area contributed by atoms with Gasteiger partial charge in [-0.3, -0.25) is 19.2 Å². The van der Waals surface area contributed by atoms with Crippen molar-refractivity contribution in [1.82, 2.24) is 0 Å². The Morgan fingerprint density at radius 1 is 0.829 bits per heavy atom. The average molecular weight is 494 g/mol. The summed E-state index contributed by atoms with van der Waals surface area (Å²) in [5.74, 6) is -8.12. The number of rotatable bonds is 2. The van der Waals surface area contributed by atoms with Gasteiger partial charge in [0, 0.05) is 22.2 Å². The molecule has 0 unspecified atom stereocenters. The lowest BCUT2D eigenvalue weighted by Gasteiger charge is -2.27. The number of hydrogen-bond donors (Lipinski definition) is 0. The summed E-state index contributed by atoms with van der Waals surface area (Å²) in [5.41, 5.74) is -2.16. The molecule has 6 nitrogen and oxygen atoms in total. The minimum absolute atomic E-state index is 0.0830. The van der Waals surface area contributed by atoms with E-state index >= 15 is 0 Å². The van der Waals surface area contributed by atoms with Crippen LogP contribution >= 0.6 is 11.6 Å². The number of anilines is 1. The Bertz CT molecular complexity index is 1440. The van der Waals surface area contributed by atoms with Crippen LogP contribution in [0.4, 0.5) is 14.5 Å². The van der Waals surface area contributed by atoms with E-state index in [1.165, 1.54) is 12.1 Å². The van der Waals surface area contributed by atoms with Crippen molar-refractivity contribution in [3.05, 3.63) is 100 Å². The van der Waals surface area contributed by atoms with Gasteiger partial charge in [-0.15, -0.1) is 0 Å². The Morgan fingerprint density at radius 3 is 2.06 bits per heavy atom. The van der Waals surface area contributed by atoms with Crippen LogP contribution in [0, 0.1) is 23.5 Å². The molecule has 1 spiro atoms. The summed E-state index contributed by atoms with van der Waals surface area (Å²) in [4.78, 5) is 55.2. The summed E-state index contributed by atoms with van der Waals surface area (Å²) in [6.07, 6.45) is -1.16. The van der Waals surface area contributed by atoms with Crippen LogP contribution < -0.4 is 4.90 Å². The molecule has 3 aliphatic rings. The van der Waals surface area contributed by atoms with E-state index in [-0.39, 0.29) is 11.1 Å². The van der Waals surface area contributed by atoms with E-state index in [0.717, 1.165) is 12.1 Å². The van der Waals surface area contributed by atoms with Crippen molar-refractivity contribution in [2.75, 3.05) is 4.90 Å². The number of fused-ring (bicyclic) bond motifs is 3. The third kappa shape index (κ3) is 2.78. The molecule has 3 aromatic carbocycles. The predicted octanol–water partition coefficient (Wildman–Crippen LogP) is 4.31. The van der Waals surface area contributed by atoms with Gasteiger partial charge in [-0.2, -0.15) is 0 Å². The van der Waals surface area contributed by atoms with Gasteiger partial charge in [0.2, 0.25) is 29.0 Å². The van der Waals surface area contributed by atoms with Crippen molar-refractivity contribution in [3.63, 3.8) is 0 Å². The first-order chi connectivity index (χ1) is 16.8. The second-order valence-electron chi connectivity index (χ2n) is 8.64. The molecule has 0 radical (unpaired) electrons. The zero-order chi connectivity index (χ0) is 24.6. The second kappa shape index (κ2) is 7.37. The number of nitrogens with zero attached hydrogens (tertiary/aromatic N) is 1. The van der Waals surface area contributed by atoms with E-state index in [1.54, 1.807) is 36.4 Å². The van der Waals surface area contributed by atoms with Crippen LogP contribution in [0.25, 0.3) is 0 Å². The molecule has 6 rings (SSSR count). The van der Waals surface area contributed by atoms with Gasteiger partial charge >= 0.3 is 0 Å². The van der Waals surface area contributed by atoms with Crippen LogP contribution in [0.2, 0.25) is 5.02 Å². The number of ketones is 2. The van der Waals surface area contributed by atoms with Gasteiger partial charge in [-0.25, -0.2) is 13.7 Å². The third-order valence-electron chi connectivity index (χ3n) is 6.87. The van der Waals surface area contributed by atoms with E-state index in [4.69, 9.17) is 16.3 Å². The van der Waals surface area contributed by atoms with Gasteiger partial charge in [-0.05, 0) is 29.8 Å². The number of Topliss-reactive ketones (excluding diaryl/α,β-unsaturated/α-hetero) is 2. The Kier molecular flexibility index (Phi) is 4.58. The highest BCUT2D eigenvalue weighted by molar-refractivity contribution is 6.37. The SMILES string of the molecule is O=C1[C@@H]2[C@@H](C(=O)N1c1ccc(F)cc1F)C1(O[C@H]2c2ccc(Cl)cc2)C(=O)c2ccccc2C1=O. The summed E-state index contributed by atoms with van der Waals surface area (Å²) in [6, 6.07) is 14.7. The quantitative estimate of drug-likeness (QED) is 0.392. The Morgan fingerprint density at radius 2 is 1.46 bits per heavy atom.